The zero-order valence-electron chi connectivity index (χ0n) is 15.3. The Morgan fingerprint density at radius 1 is 1.00 bits per heavy atom. The predicted octanol–water partition coefficient (Wildman–Crippen LogP) is 4.08. The van der Waals surface area contributed by atoms with E-state index in [1.807, 2.05) is 37.3 Å². The van der Waals surface area contributed by atoms with E-state index in [1.165, 1.54) is 0 Å². The van der Waals surface area contributed by atoms with Gasteiger partial charge in [-0.2, -0.15) is 0 Å². The highest BCUT2D eigenvalue weighted by Gasteiger charge is 2.08. The van der Waals surface area contributed by atoms with E-state index in [4.69, 9.17) is 9.47 Å². The molecule has 27 heavy (non-hydrogen) atoms. The molecule has 1 aromatic heterocycles. The number of hydrogen-bond donors (Lipinski definition) is 1. The maximum Gasteiger partial charge on any atom is 0.321 e. The molecule has 0 aliphatic carbocycles. The van der Waals surface area contributed by atoms with E-state index in [2.05, 4.69) is 15.3 Å². The zero-order valence-corrected chi connectivity index (χ0v) is 15.3. The molecule has 0 radical (unpaired) electrons. The fourth-order valence-corrected chi connectivity index (χ4v) is 2.47. The van der Waals surface area contributed by atoms with E-state index in [0.29, 0.717) is 23.6 Å². The molecule has 0 aliphatic heterocycles. The molecule has 0 saturated heterocycles. The summed E-state index contributed by atoms with van der Waals surface area (Å²) in [5.74, 6) is 1.21. The Bertz CT molecular complexity index is 911. The third kappa shape index (κ3) is 4.82. The minimum absolute atomic E-state index is 0.0856. The summed E-state index contributed by atoms with van der Waals surface area (Å²) in [5.41, 5.74) is 2.28. The van der Waals surface area contributed by atoms with Crippen LogP contribution >= 0.6 is 0 Å². The van der Waals surface area contributed by atoms with Crippen molar-refractivity contribution in [2.45, 2.75) is 13.3 Å². The molecule has 6 heteroatoms. The summed E-state index contributed by atoms with van der Waals surface area (Å²) in [6, 6.07) is 14.8. The van der Waals surface area contributed by atoms with Crippen LogP contribution in [0.3, 0.4) is 0 Å². The largest absolute Gasteiger partial charge is 0.497 e. The van der Waals surface area contributed by atoms with Gasteiger partial charge in [-0.25, -0.2) is 9.97 Å². The highest BCUT2D eigenvalue weighted by molar-refractivity contribution is 5.95. The average Bonchev–Trinajstić information content (AvgIpc) is 2.73. The van der Waals surface area contributed by atoms with Gasteiger partial charge in [-0.15, -0.1) is 0 Å². The molecule has 6 nitrogen and oxygen atoms in total. The molecule has 0 bridgehead atoms. The lowest BCUT2D eigenvalue weighted by molar-refractivity contribution is 0.0953. The number of benzene rings is 2. The molecule has 0 aliphatic rings. The SMILES string of the molecule is CCCNC(=O)c1cccc(-c2cnc(Oc3cccc(OC)c3)nc2)c1. The first-order valence-electron chi connectivity index (χ1n) is 8.72. The maximum absolute atomic E-state index is 12.1. The quantitative estimate of drug-likeness (QED) is 0.684. The Labute approximate surface area is 158 Å². The highest BCUT2D eigenvalue weighted by Crippen LogP contribution is 2.24. The highest BCUT2D eigenvalue weighted by atomic mass is 16.5. The number of rotatable bonds is 7. The normalized spacial score (nSPS) is 10.3. The molecule has 3 aromatic rings. The first kappa shape index (κ1) is 18.4. The van der Waals surface area contributed by atoms with E-state index in [1.54, 1.807) is 37.7 Å². The maximum atomic E-state index is 12.1. The van der Waals surface area contributed by atoms with Crippen molar-refractivity contribution in [2.24, 2.45) is 0 Å². The minimum atomic E-state index is -0.0856. The zero-order chi connectivity index (χ0) is 19.1. The number of nitrogens with one attached hydrogen (secondary N) is 1. The van der Waals surface area contributed by atoms with Crippen LogP contribution in [0.5, 0.6) is 17.5 Å². The van der Waals surface area contributed by atoms with Crippen molar-refractivity contribution in [2.75, 3.05) is 13.7 Å². The molecular weight excluding hydrogens is 342 g/mol. The van der Waals surface area contributed by atoms with Crippen molar-refractivity contribution in [3.05, 3.63) is 66.5 Å². The second-order valence-corrected chi connectivity index (χ2v) is 5.87. The second-order valence-electron chi connectivity index (χ2n) is 5.87. The Morgan fingerprint density at radius 2 is 1.74 bits per heavy atom. The fraction of sp³-hybridized carbons (Fsp3) is 0.190. The Hall–Kier alpha value is -3.41. The number of methoxy groups -OCH3 is 1. The van der Waals surface area contributed by atoms with Crippen LogP contribution in [0.15, 0.2) is 60.9 Å². The summed E-state index contributed by atoms with van der Waals surface area (Å²) >= 11 is 0. The number of ether oxygens (including phenoxy) is 2. The molecule has 138 valence electrons. The van der Waals surface area contributed by atoms with Gasteiger partial charge in [-0.3, -0.25) is 4.79 Å². The summed E-state index contributed by atoms with van der Waals surface area (Å²) in [6.45, 7) is 2.67. The molecule has 0 spiro atoms. The van der Waals surface area contributed by atoms with Crippen molar-refractivity contribution in [1.82, 2.24) is 15.3 Å². The smallest absolute Gasteiger partial charge is 0.321 e. The number of nitrogens with zero attached hydrogens (tertiary/aromatic N) is 2. The summed E-state index contributed by atoms with van der Waals surface area (Å²) in [4.78, 5) is 20.6. The van der Waals surface area contributed by atoms with Crippen molar-refractivity contribution in [1.29, 1.82) is 0 Å². The first-order chi connectivity index (χ1) is 13.2. The lowest BCUT2D eigenvalue weighted by Gasteiger charge is -2.08. The van der Waals surface area contributed by atoms with Gasteiger partial charge in [0.25, 0.3) is 5.91 Å². The third-order valence-electron chi connectivity index (χ3n) is 3.87. The Kier molecular flexibility index (Phi) is 5.99. The Balaban J connectivity index is 1.74. The molecular formula is C21H21N3O3. The summed E-state index contributed by atoms with van der Waals surface area (Å²) in [7, 11) is 1.60. The Morgan fingerprint density at radius 3 is 2.48 bits per heavy atom. The molecule has 2 aromatic carbocycles. The van der Waals surface area contributed by atoms with Gasteiger partial charge in [0, 0.05) is 36.1 Å². The van der Waals surface area contributed by atoms with E-state index >= 15 is 0 Å². The van der Waals surface area contributed by atoms with Gasteiger partial charge in [0.05, 0.1) is 7.11 Å². The van der Waals surface area contributed by atoms with E-state index < -0.39 is 0 Å². The van der Waals surface area contributed by atoms with Crippen molar-refractivity contribution in [3.63, 3.8) is 0 Å². The van der Waals surface area contributed by atoms with E-state index in [-0.39, 0.29) is 11.9 Å². The van der Waals surface area contributed by atoms with Crippen LogP contribution in [-0.4, -0.2) is 29.5 Å². The lowest BCUT2D eigenvalue weighted by atomic mass is 10.1. The van der Waals surface area contributed by atoms with Crippen LogP contribution < -0.4 is 14.8 Å². The molecule has 0 saturated carbocycles. The summed E-state index contributed by atoms with van der Waals surface area (Å²) in [6.07, 6.45) is 4.24. The number of carbonyl (C=O) groups excluding carboxylic acids is 1. The number of amides is 1. The monoisotopic (exact) mass is 363 g/mol. The minimum Gasteiger partial charge on any atom is -0.497 e. The summed E-state index contributed by atoms with van der Waals surface area (Å²) in [5, 5.41) is 2.87. The van der Waals surface area contributed by atoms with Crippen LogP contribution in [0.2, 0.25) is 0 Å². The molecule has 1 amide bonds. The van der Waals surface area contributed by atoms with Crippen molar-refractivity contribution < 1.29 is 14.3 Å². The predicted molar refractivity (Wildman–Crippen MR) is 103 cm³/mol. The van der Waals surface area contributed by atoms with Crippen molar-refractivity contribution in [3.8, 4) is 28.6 Å². The first-order valence-corrected chi connectivity index (χ1v) is 8.72. The van der Waals surface area contributed by atoms with Crippen LogP contribution in [-0.2, 0) is 0 Å². The molecule has 1 heterocycles. The molecule has 0 fully saturated rings. The van der Waals surface area contributed by atoms with Gasteiger partial charge in [0.15, 0.2) is 0 Å². The van der Waals surface area contributed by atoms with Crippen LogP contribution in [0.25, 0.3) is 11.1 Å². The molecule has 0 atom stereocenters. The van der Waals surface area contributed by atoms with E-state index in [0.717, 1.165) is 17.5 Å². The molecule has 0 unspecified atom stereocenters. The lowest BCUT2D eigenvalue weighted by Crippen LogP contribution is -2.23. The fourth-order valence-electron chi connectivity index (χ4n) is 2.47. The standard InChI is InChI=1S/C21H21N3O3/c1-3-10-22-20(25)16-7-4-6-15(11-16)17-13-23-21(24-14-17)27-19-9-5-8-18(12-19)26-2/h4-9,11-14H,3,10H2,1-2H3,(H,22,25). The van der Waals surface area contributed by atoms with Gasteiger partial charge in [-0.05, 0) is 36.2 Å². The average molecular weight is 363 g/mol. The topological polar surface area (TPSA) is 73.3 Å². The van der Waals surface area contributed by atoms with Crippen molar-refractivity contribution >= 4 is 5.91 Å². The van der Waals surface area contributed by atoms with Crippen LogP contribution in [0.4, 0.5) is 0 Å². The van der Waals surface area contributed by atoms with Gasteiger partial charge in [0.1, 0.15) is 11.5 Å². The van der Waals surface area contributed by atoms with Crippen LogP contribution in [0.1, 0.15) is 23.7 Å². The van der Waals surface area contributed by atoms with Gasteiger partial charge >= 0.3 is 6.01 Å². The summed E-state index contributed by atoms with van der Waals surface area (Å²) < 4.78 is 10.8. The van der Waals surface area contributed by atoms with E-state index in [9.17, 15) is 4.79 Å². The van der Waals surface area contributed by atoms with Crippen LogP contribution in [0, 0.1) is 0 Å². The molecule has 3 rings (SSSR count). The third-order valence-corrected chi connectivity index (χ3v) is 3.87. The van der Waals surface area contributed by atoms with Gasteiger partial charge < -0.3 is 14.8 Å². The van der Waals surface area contributed by atoms with Gasteiger partial charge in [-0.1, -0.05) is 25.1 Å². The number of hydrogen-bond acceptors (Lipinski definition) is 5. The van der Waals surface area contributed by atoms with Gasteiger partial charge in [0.2, 0.25) is 0 Å². The molecule has 1 N–H and O–H groups in total. The number of carbonyl (C=O) groups is 1. The number of aromatic nitrogens is 2. The second kappa shape index (κ2) is 8.80.